The molecule has 8 nitrogen and oxygen atoms in total. The van der Waals surface area contributed by atoms with Gasteiger partial charge in [0.25, 0.3) is 5.91 Å². The first-order valence-corrected chi connectivity index (χ1v) is 8.02. The number of halogens is 2. The standard InChI is InChI=1S/C18H14F2N4O4/c19-14-6-3-12(7-15(14)20)23-16(25)8-21-17(26)9-27-13-4-1-11(2-5-13)18-24-22-10-28-18/h1-7,10H,8-9H2,(H,21,26)(H,23,25). The van der Waals surface area contributed by atoms with Crippen LogP contribution in [0.3, 0.4) is 0 Å². The molecule has 0 fully saturated rings. The highest BCUT2D eigenvalue weighted by molar-refractivity contribution is 5.94. The van der Waals surface area contributed by atoms with Crippen LogP contribution in [0.2, 0.25) is 0 Å². The number of nitrogens with one attached hydrogen (secondary N) is 2. The van der Waals surface area contributed by atoms with Crippen molar-refractivity contribution in [3.8, 4) is 17.2 Å². The number of carbonyl (C=O) groups excluding carboxylic acids is 2. The van der Waals surface area contributed by atoms with Crippen LogP contribution in [-0.2, 0) is 9.59 Å². The van der Waals surface area contributed by atoms with Crippen molar-refractivity contribution in [3.63, 3.8) is 0 Å². The Morgan fingerprint density at radius 2 is 1.82 bits per heavy atom. The lowest BCUT2D eigenvalue weighted by Gasteiger charge is -2.09. The number of rotatable bonds is 7. The van der Waals surface area contributed by atoms with Crippen molar-refractivity contribution in [1.29, 1.82) is 0 Å². The third-order valence-corrected chi connectivity index (χ3v) is 3.48. The first-order chi connectivity index (χ1) is 13.5. The van der Waals surface area contributed by atoms with Crippen molar-refractivity contribution >= 4 is 17.5 Å². The summed E-state index contributed by atoms with van der Waals surface area (Å²) in [5, 5.41) is 12.0. The SMILES string of the molecule is O=C(COc1ccc(-c2nnco2)cc1)NCC(=O)Nc1ccc(F)c(F)c1. The van der Waals surface area contributed by atoms with Crippen molar-refractivity contribution in [2.45, 2.75) is 0 Å². The fourth-order valence-corrected chi connectivity index (χ4v) is 2.15. The van der Waals surface area contributed by atoms with E-state index in [-0.39, 0.29) is 18.8 Å². The molecule has 0 bridgehead atoms. The van der Waals surface area contributed by atoms with Gasteiger partial charge in [-0.25, -0.2) is 8.78 Å². The average molecular weight is 388 g/mol. The molecule has 0 aliphatic rings. The Morgan fingerprint density at radius 1 is 1.04 bits per heavy atom. The number of ether oxygens (including phenoxy) is 1. The summed E-state index contributed by atoms with van der Waals surface area (Å²) in [5.41, 5.74) is 0.777. The van der Waals surface area contributed by atoms with Gasteiger partial charge in [-0.2, -0.15) is 0 Å². The minimum atomic E-state index is -1.08. The smallest absolute Gasteiger partial charge is 0.258 e. The predicted octanol–water partition coefficient (Wildman–Crippen LogP) is 2.15. The highest BCUT2D eigenvalue weighted by Gasteiger charge is 2.09. The summed E-state index contributed by atoms with van der Waals surface area (Å²) in [6, 6.07) is 9.58. The maximum absolute atomic E-state index is 13.1. The van der Waals surface area contributed by atoms with E-state index in [0.29, 0.717) is 17.2 Å². The highest BCUT2D eigenvalue weighted by atomic mass is 19.2. The van der Waals surface area contributed by atoms with Crippen LogP contribution < -0.4 is 15.4 Å². The topological polar surface area (TPSA) is 106 Å². The predicted molar refractivity (Wildman–Crippen MR) is 93.2 cm³/mol. The number of aromatic nitrogens is 2. The van der Waals surface area contributed by atoms with Crippen LogP contribution >= 0.6 is 0 Å². The van der Waals surface area contributed by atoms with Crippen LogP contribution in [0.5, 0.6) is 5.75 Å². The highest BCUT2D eigenvalue weighted by Crippen LogP contribution is 2.20. The minimum absolute atomic E-state index is 0.0794. The van der Waals surface area contributed by atoms with E-state index in [1.165, 1.54) is 12.5 Å². The monoisotopic (exact) mass is 388 g/mol. The van der Waals surface area contributed by atoms with E-state index in [2.05, 4.69) is 20.8 Å². The number of benzene rings is 2. The van der Waals surface area contributed by atoms with Crippen LogP contribution in [0.15, 0.2) is 53.3 Å². The van der Waals surface area contributed by atoms with Crippen LogP contribution in [0, 0.1) is 11.6 Å². The Labute approximate surface area is 157 Å². The number of carbonyl (C=O) groups is 2. The molecule has 28 heavy (non-hydrogen) atoms. The average Bonchev–Trinajstić information content (AvgIpc) is 3.23. The Morgan fingerprint density at radius 3 is 2.50 bits per heavy atom. The number of amides is 2. The summed E-state index contributed by atoms with van der Waals surface area (Å²) in [7, 11) is 0. The van der Waals surface area contributed by atoms with Gasteiger partial charge in [0.15, 0.2) is 18.2 Å². The van der Waals surface area contributed by atoms with E-state index in [1.54, 1.807) is 24.3 Å². The van der Waals surface area contributed by atoms with E-state index in [9.17, 15) is 18.4 Å². The molecule has 1 heterocycles. The zero-order valence-corrected chi connectivity index (χ0v) is 14.3. The van der Waals surface area contributed by atoms with Crippen molar-refractivity contribution in [2.24, 2.45) is 0 Å². The summed E-state index contributed by atoms with van der Waals surface area (Å²) in [6.45, 7) is -0.657. The lowest BCUT2D eigenvalue weighted by atomic mass is 10.2. The van der Waals surface area contributed by atoms with Gasteiger partial charge in [-0.3, -0.25) is 9.59 Å². The maximum atomic E-state index is 13.1. The minimum Gasteiger partial charge on any atom is -0.484 e. The fourth-order valence-electron chi connectivity index (χ4n) is 2.15. The number of anilines is 1. The first kappa shape index (κ1) is 19.0. The van der Waals surface area contributed by atoms with Gasteiger partial charge in [0, 0.05) is 17.3 Å². The number of hydrogen-bond donors (Lipinski definition) is 2. The first-order valence-electron chi connectivity index (χ1n) is 8.02. The number of hydrogen-bond acceptors (Lipinski definition) is 6. The van der Waals surface area contributed by atoms with E-state index in [0.717, 1.165) is 12.1 Å². The molecule has 0 aliphatic carbocycles. The molecule has 0 saturated carbocycles. The summed E-state index contributed by atoms with van der Waals surface area (Å²) < 4.78 is 36.3. The molecule has 2 N–H and O–H groups in total. The van der Waals surface area contributed by atoms with Crippen molar-refractivity contribution in [2.75, 3.05) is 18.5 Å². The van der Waals surface area contributed by atoms with Gasteiger partial charge in [-0.05, 0) is 36.4 Å². The molecule has 0 atom stereocenters. The molecule has 0 spiro atoms. The molecule has 2 aromatic carbocycles. The second-order valence-corrected chi connectivity index (χ2v) is 5.51. The quantitative estimate of drug-likeness (QED) is 0.642. The van der Waals surface area contributed by atoms with E-state index in [4.69, 9.17) is 9.15 Å². The molecule has 0 unspecified atom stereocenters. The summed E-state index contributed by atoms with van der Waals surface area (Å²) in [4.78, 5) is 23.5. The third-order valence-electron chi connectivity index (χ3n) is 3.48. The zero-order valence-electron chi connectivity index (χ0n) is 14.3. The molecular formula is C18H14F2N4O4. The van der Waals surface area contributed by atoms with Gasteiger partial charge >= 0.3 is 0 Å². The van der Waals surface area contributed by atoms with Crippen molar-refractivity contribution in [1.82, 2.24) is 15.5 Å². The van der Waals surface area contributed by atoms with Crippen LogP contribution in [-0.4, -0.2) is 35.2 Å². The second kappa shape index (κ2) is 8.71. The van der Waals surface area contributed by atoms with E-state index in [1.807, 2.05) is 0 Å². The Kier molecular flexibility index (Phi) is 5.90. The zero-order chi connectivity index (χ0) is 19.9. The molecule has 0 radical (unpaired) electrons. The maximum Gasteiger partial charge on any atom is 0.258 e. The third kappa shape index (κ3) is 5.10. The van der Waals surface area contributed by atoms with E-state index < -0.39 is 23.4 Å². The number of nitrogens with zero attached hydrogens (tertiary/aromatic N) is 2. The Bertz CT molecular complexity index is 962. The largest absolute Gasteiger partial charge is 0.484 e. The Hall–Kier alpha value is -3.82. The van der Waals surface area contributed by atoms with Gasteiger partial charge in [-0.15, -0.1) is 10.2 Å². The molecule has 144 valence electrons. The van der Waals surface area contributed by atoms with Crippen LogP contribution in [0.25, 0.3) is 11.5 Å². The molecule has 0 aliphatic heterocycles. The molecule has 3 rings (SSSR count). The lowest BCUT2D eigenvalue weighted by Crippen LogP contribution is -2.35. The van der Waals surface area contributed by atoms with Gasteiger partial charge in [0.05, 0.1) is 6.54 Å². The molecule has 1 aromatic heterocycles. The molecule has 3 aromatic rings. The normalized spacial score (nSPS) is 10.4. The molecule has 2 amide bonds. The van der Waals surface area contributed by atoms with Gasteiger partial charge in [-0.1, -0.05) is 0 Å². The van der Waals surface area contributed by atoms with Gasteiger partial charge in [0.1, 0.15) is 5.75 Å². The van der Waals surface area contributed by atoms with E-state index >= 15 is 0 Å². The lowest BCUT2D eigenvalue weighted by molar-refractivity contribution is -0.125. The molecular weight excluding hydrogens is 374 g/mol. The van der Waals surface area contributed by atoms with Crippen LogP contribution in [0.4, 0.5) is 14.5 Å². The summed E-state index contributed by atoms with van der Waals surface area (Å²) in [6.07, 6.45) is 1.22. The molecule has 0 saturated heterocycles. The fraction of sp³-hybridized carbons (Fsp3) is 0.111. The van der Waals surface area contributed by atoms with Crippen molar-refractivity contribution in [3.05, 3.63) is 60.5 Å². The van der Waals surface area contributed by atoms with Gasteiger partial charge < -0.3 is 19.8 Å². The second-order valence-electron chi connectivity index (χ2n) is 5.51. The molecule has 10 heteroatoms. The van der Waals surface area contributed by atoms with Crippen LogP contribution in [0.1, 0.15) is 0 Å². The van der Waals surface area contributed by atoms with Gasteiger partial charge in [0.2, 0.25) is 18.2 Å². The Balaban J connectivity index is 1.41. The summed E-state index contributed by atoms with van der Waals surface area (Å²) in [5.74, 6) is -2.43. The van der Waals surface area contributed by atoms with Crippen molar-refractivity contribution < 1.29 is 27.5 Å². The summed E-state index contributed by atoms with van der Waals surface area (Å²) >= 11 is 0.